The zero-order chi connectivity index (χ0) is 13.8. The molecule has 2 heterocycles. The third-order valence-corrected chi connectivity index (χ3v) is 4.16. The molecule has 3 rings (SSSR count). The number of amides is 1. The normalized spacial score (nSPS) is 19.1. The minimum absolute atomic E-state index is 0.267. The third-order valence-electron chi connectivity index (χ3n) is 4.16. The SMILES string of the molecule is O=C(CCCN1CCOCC1)N1CCc2ccccc21. The minimum atomic E-state index is 0.267. The Bertz CT molecular complexity index is 469. The summed E-state index contributed by atoms with van der Waals surface area (Å²) in [5, 5.41) is 0. The first kappa shape index (κ1) is 13.6. The lowest BCUT2D eigenvalue weighted by molar-refractivity contribution is -0.118. The molecule has 0 aliphatic carbocycles. The van der Waals surface area contributed by atoms with Crippen LogP contribution in [0.3, 0.4) is 0 Å². The molecule has 1 aromatic rings. The first-order valence-electron chi connectivity index (χ1n) is 7.53. The number of ether oxygens (including phenoxy) is 1. The van der Waals surface area contributed by atoms with Gasteiger partial charge in [-0.1, -0.05) is 18.2 Å². The van der Waals surface area contributed by atoms with Crippen molar-refractivity contribution < 1.29 is 9.53 Å². The molecule has 0 aromatic heterocycles. The second-order valence-corrected chi connectivity index (χ2v) is 5.48. The van der Waals surface area contributed by atoms with E-state index in [-0.39, 0.29) is 5.91 Å². The van der Waals surface area contributed by atoms with Gasteiger partial charge in [-0.05, 0) is 31.0 Å². The molecule has 108 valence electrons. The molecule has 20 heavy (non-hydrogen) atoms. The first-order chi connectivity index (χ1) is 9.84. The summed E-state index contributed by atoms with van der Waals surface area (Å²) in [6.45, 7) is 5.50. The molecule has 0 atom stereocenters. The molecule has 2 aliphatic rings. The van der Waals surface area contributed by atoms with Crippen LogP contribution >= 0.6 is 0 Å². The van der Waals surface area contributed by atoms with Crippen molar-refractivity contribution >= 4 is 11.6 Å². The molecule has 1 aromatic carbocycles. The van der Waals surface area contributed by atoms with Crippen LogP contribution in [0.25, 0.3) is 0 Å². The maximum absolute atomic E-state index is 12.3. The molecule has 0 radical (unpaired) electrons. The molecule has 0 bridgehead atoms. The number of para-hydroxylation sites is 1. The van der Waals surface area contributed by atoms with Crippen LogP contribution < -0.4 is 4.90 Å². The number of hydrogen-bond acceptors (Lipinski definition) is 3. The van der Waals surface area contributed by atoms with Crippen molar-refractivity contribution in [2.24, 2.45) is 0 Å². The number of carbonyl (C=O) groups excluding carboxylic acids is 1. The van der Waals surface area contributed by atoms with Gasteiger partial charge < -0.3 is 9.64 Å². The summed E-state index contributed by atoms with van der Waals surface area (Å²) in [4.78, 5) is 16.7. The van der Waals surface area contributed by atoms with Crippen LogP contribution in [-0.4, -0.2) is 50.2 Å². The van der Waals surface area contributed by atoms with E-state index >= 15 is 0 Å². The summed E-state index contributed by atoms with van der Waals surface area (Å²) in [6, 6.07) is 8.24. The third kappa shape index (κ3) is 3.02. The second-order valence-electron chi connectivity index (χ2n) is 5.48. The maximum atomic E-state index is 12.3. The Kier molecular flexibility index (Phi) is 4.33. The van der Waals surface area contributed by atoms with E-state index in [2.05, 4.69) is 17.0 Å². The number of nitrogens with zero attached hydrogens (tertiary/aromatic N) is 2. The molecule has 4 nitrogen and oxygen atoms in total. The molecule has 0 unspecified atom stereocenters. The smallest absolute Gasteiger partial charge is 0.227 e. The van der Waals surface area contributed by atoms with Crippen molar-refractivity contribution in [3.63, 3.8) is 0 Å². The number of rotatable bonds is 4. The van der Waals surface area contributed by atoms with Gasteiger partial charge in [0.15, 0.2) is 0 Å². The maximum Gasteiger partial charge on any atom is 0.227 e. The predicted molar refractivity (Wildman–Crippen MR) is 79.0 cm³/mol. The van der Waals surface area contributed by atoms with E-state index in [1.165, 1.54) is 5.56 Å². The average Bonchev–Trinajstić information content (AvgIpc) is 2.92. The zero-order valence-corrected chi connectivity index (χ0v) is 11.9. The Morgan fingerprint density at radius 1 is 1.15 bits per heavy atom. The summed E-state index contributed by atoms with van der Waals surface area (Å²) >= 11 is 0. The van der Waals surface area contributed by atoms with Crippen LogP contribution in [0, 0.1) is 0 Å². The van der Waals surface area contributed by atoms with Gasteiger partial charge >= 0.3 is 0 Å². The summed E-state index contributed by atoms with van der Waals surface area (Å²) in [6.07, 6.45) is 2.58. The molecule has 0 N–H and O–H groups in total. The van der Waals surface area contributed by atoms with Gasteiger partial charge in [-0.15, -0.1) is 0 Å². The van der Waals surface area contributed by atoms with Crippen molar-refractivity contribution in [3.05, 3.63) is 29.8 Å². The highest BCUT2D eigenvalue weighted by molar-refractivity contribution is 5.95. The van der Waals surface area contributed by atoms with Gasteiger partial charge in [0.05, 0.1) is 13.2 Å². The van der Waals surface area contributed by atoms with Gasteiger partial charge in [-0.25, -0.2) is 0 Å². The van der Waals surface area contributed by atoms with Crippen molar-refractivity contribution in [1.82, 2.24) is 4.90 Å². The van der Waals surface area contributed by atoms with Gasteiger partial charge in [0.25, 0.3) is 0 Å². The Balaban J connectivity index is 1.48. The van der Waals surface area contributed by atoms with Crippen LogP contribution in [0.4, 0.5) is 5.69 Å². The van der Waals surface area contributed by atoms with Crippen molar-refractivity contribution in [2.75, 3.05) is 44.3 Å². The van der Waals surface area contributed by atoms with Crippen LogP contribution in [0.1, 0.15) is 18.4 Å². The molecule has 1 amide bonds. The summed E-state index contributed by atoms with van der Waals surface area (Å²) in [5.41, 5.74) is 2.41. The number of fused-ring (bicyclic) bond motifs is 1. The summed E-state index contributed by atoms with van der Waals surface area (Å²) in [7, 11) is 0. The van der Waals surface area contributed by atoms with E-state index in [1.807, 2.05) is 17.0 Å². The van der Waals surface area contributed by atoms with Gasteiger partial charge in [0.2, 0.25) is 5.91 Å². The fourth-order valence-corrected chi connectivity index (χ4v) is 3.01. The Hall–Kier alpha value is -1.39. The van der Waals surface area contributed by atoms with E-state index in [4.69, 9.17) is 4.74 Å². The van der Waals surface area contributed by atoms with E-state index in [0.717, 1.165) is 57.9 Å². The molecule has 1 fully saturated rings. The molecular formula is C16H22N2O2. The van der Waals surface area contributed by atoms with E-state index < -0.39 is 0 Å². The van der Waals surface area contributed by atoms with Crippen molar-refractivity contribution in [2.45, 2.75) is 19.3 Å². The minimum Gasteiger partial charge on any atom is -0.379 e. The topological polar surface area (TPSA) is 32.8 Å². The van der Waals surface area contributed by atoms with Crippen LogP contribution in [-0.2, 0) is 16.0 Å². The van der Waals surface area contributed by atoms with E-state index in [0.29, 0.717) is 6.42 Å². The molecule has 0 saturated carbocycles. The Morgan fingerprint density at radius 3 is 2.80 bits per heavy atom. The quantitative estimate of drug-likeness (QED) is 0.837. The highest BCUT2D eigenvalue weighted by Crippen LogP contribution is 2.28. The summed E-state index contributed by atoms with van der Waals surface area (Å²) < 4.78 is 5.33. The van der Waals surface area contributed by atoms with Crippen LogP contribution in [0.5, 0.6) is 0 Å². The Morgan fingerprint density at radius 2 is 1.95 bits per heavy atom. The van der Waals surface area contributed by atoms with Crippen molar-refractivity contribution in [3.8, 4) is 0 Å². The zero-order valence-electron chi connectivity index (χ0n) is 11.9. The summed E-state index contributed by atoms with van der Waals surface area (Å²) in [5.74, 6) is 0.267. The van der Waals surface area contributed by atoms with Gasteiger partial charge in [0.1, 0.15) is 0 Å². The molecule has 1 saturated heterocycles. The number of morpholine rings is 1. The monoisotopic (exact) mass is 274 g/mol. The highest BCUT2D eigenvalue weighted by atomic mass is 16.5. The number of carbonyl (C=O) groups is 1. The van der Waals surface area contributed by atoms with E-state index in [1.54, 1.807) is 0 Å². The fraction of sp³-hybridized carbons (Fsp3) is 0.562. The largest absolute Gasteiger partial charge is 0.379 e. The fourth-order valence-electron chi connectivity index (χ4n) is 3.01. The average molecular weight is 274 g/mol. The van der Waals surface area contributed by atoms with Gasteiger partial charge in [0, 0.05) is 31.7 Å². The molecule has 4 heteroatoms. The van der Waals surface area contributed by atoms with Crippen molar-refractivity contribution in [1.29, 1.82) is 0 Å². The number of anilines is 1. The molecule has 2 aliphatic heterocycles. The number of benzene rings is 1. The standard InChI is InChI=1S/C16H22N2O2/c19-16(6-3-8-17-10-12-20-13-11-17)18-9-7-14-4-1-2-5-15(14)18/h1-2,4-5H,3,6-13H2. The highest BCUT2D eigenvalue weighted by Gasteiger charge is 2.23. The molecule has 0 spiro atoms. The second kappa shape index (κ2) is 6.37. The lowest BCUT2D eigenvalue weighted by Gasteiger charge is -2.26. The van der Waals surface area contributed by atoms with Gasteiger partial charge in [-0.3, -0.25) is 9.69 Å². The number of hydrogen-bond donors (Lipinski definition) is 0. The van der Waals surface area contributed by atoms with E-state index in [9.17, 15) is 4.79 Å². The predicted octanol–water partition coefficient (Wildman–Crippen LogP) is 1.69. The lowest BCUT2D eigenvalue weighted by Crippen LogP contribution is -2.37. The Labute approximate surface area is 120 Å². The van der Waals surface area contributed by atoms with Crippen LogP contribution in [0.2, 0.25) is 0 Å². The lowest BCUT2D eigenvalue weighted by atomic mass is 10.2. The van der Waals surface area contributed by atoms with Gasteiger partial charge in [-0.2, -0.15) is 0 Å². The molecular weight excluding hydrogens is 252 g/mol. The van der Waals surface area contributed by atoms with Crippen LogP contribution in [0.15, 0.2) is 24.3 Å². The first-order valence-corrected chi connectivity index (χ1v) is 7.53.